The molecule has 0 heterocycles. The minimum atomic E-state index is -0.344. The Morgan fingerprint density at radius 1 is 1.50 bits per heavy atom. The molecule has 62 valence electrons. The van der Waals surface area contributed by atoms with Crippen molar-refractivity contribution in [1.82, 2.24) is 0 Å². The molecule has 0 amide bonds. The van der Waals surface area contributed by atoms with Gasteiger partial charge in [-0.15, -0.1) is 0 Å². The summed E-state index contributed by atoms with van der Waals surface area (Å²) in [6, 6.07) is 4.73. The summed E-state index contributed by atoms with van der Waals surface area (Å²) >= 11 is 6.26. The van der Waals surface area contributed by atoms with Gasteiger partial charge in [0.05, 0.1) is 16.1 Å². The molecule has 0 fully saturated rings. The number of hydrogen-bond donors (Lipinski definition) is 0. The van der Waals surface area contributed by atoms with E-state index >= 15 is 0 Å². The van der Waals surface area contributed by atoms with E-state index in [1.807, 2.05) is 6.07 Å². The molecule has 0 atom stereocenters. The molecular weight excluding hydrogens is 289 g/mol. The van der Waals surface area contributed by atoms with E-state index in [4.69, 9.17) is 5.26 Å². The molecule has 0 saturated carbocycles. The molecular formula is C8H4Br2FN. The quantitative estimate of drug-likeness (QED) is 0.728. The van der Waals surface area contributed by atoms with Crippen LogP contribution >= 0.6 is 31.9 Å². The van der Waals surface area contributed by atoms with Crippen molar-refractivity contribution in [3.8, 4) is 6.07 Å². The third kappa shape index (κ3) is 1.67. The van der Waals surface area contributed by atoms with E-state index in [1.54, 1.807) is 0 Å². The second-order valence-corrected chi connectivity index (χ2v) is 3.49. The molecule has 0 saturated heterocycles. The molecule has 1 rings (SSSR count). The number of nitriles is 1. The Balaban J connectivity index is 3.38. The van der Waals surface area contributed by atoms with Crippen LogP contribution in [0.1, 0.15) is 11.1 Å². The summed E-state index contributed by atoms with van der Waals surface area (Å²) in [5, 5.41) is 9.12. The smallest absolute Gasteiger partial charge is 0.137 e. The first-order valence-electron chi connectivity index (χ1n) is 3.13. The highest BCUT2D eigenvalue weighted by Crippen LogP contribution is 2.25. The summed E-state index contributed by atoms with van der Waals surface area (Å²) in [5.74, 6) is -0.344. The van der Waals surface area contributed by atoms with Crippen molar-refractivity contribution in [1.29, 1.82) is 5.26 Å². The lowest BCUT2D eigenvalue weighted by Gasteiger charge is -2.02. The second-order valence-electron chi connectivity index (χ2n) is 2.13. The third-order valence-electron chi connectivity index (χ3n) is 1.45. The summed E-state index contributed by atoms with van der Waals surface area (Å²) in [4.78, 5) is 0. The van der Waals surface area contributed by atoms with Crippen molar-refractivity contribution in [2.45, 2.75) is 5.33 Å². The molecule has 0 aliphatic rings. The van der Waals surface area contributed by atoms with E-state index in [1.165, 1.54) is 12.1 Å². The summed E-state index contributed by atoms with van der Waals surface area (Å²) in [5.41, 5.74) is 1.14. The van der Waals surface area contributed by atoms with Gasteiger partial charge in [-0.2, -0.15) is 5.26 Å². The second kappa shape index (κ2) is 4.01. The highest BCUT2D eigenvalue weighted by atomic mass is 79.9. The molecule has 1 nitrogen and oxygen atoms in total. The topological polar surface area (TPSA) is 23.8 Å². The fourth-order valence-corrected chi connectivity index (χ4v) is 2.27. The molecule has 0 aromatic heterocycles. The van der Waals surface area contributed by atoms with E-state index in [9.17, 15) is 4.39 Å². The first-order chi connectivity index (χ1) is 5.70. The fraction of sp³-hybridized carbons (Fsp3) is 0.125. The van der Waals surface area contributed by atoms with Crippen LogP contribution in [0, 0.1) is 17.1 Å². The monoisotopic (exact) mass is 291 g/mol. The Morgan fingerprint density at radius 3 is 2.67 bits per heavy atom. The zero-order valence-electron chi connectivity index (χ0n) is 5.94. The number of halogens is 3. The Morgan fingerprint density at radius 2 is 2.17 bits per heavy atom. The van der Waals surface area contributed by atoms with Crippen LogP contribution < -0.4 is 0 Å². The van der Waals surface area contributed by atoms with E-state index in [0.29, 0.717) is 20.9 Å². The maximum Gasteiger partial charge on any atom is 0.137 e. The van der Waals surface area contributed by atoms with Gasteiger partial charge in [0.1, 0.15) is 5.82 Å². The SMILES string of the molecule is N#Cc1ccc(F)c(Br)c1CBr. The predicted molar refractivity (Wildman–Crippen MR) is 51.4 cm³/mol. The van der Waals surface area contributed by atoms with E-state index in [-0.39, 0.29) is 5.82 Å². The lowest BCUT2D eigenvalue weighted by Crippen LogP contribution is -1.90. The molecule has 0 N–H and O–H groups in total. The van der Waals surface area contributed by atoms with Gasteiger partial charge in [0.15, 0.2) is 0 Å². The number of benzene rings is 1. The number of alkyl halides is 1. The summed E-state index contributed by atoms with van der Waals surface area (Å²) in [6.07, 6.45) is 0. The predicted octanol–water partition coefficient (Wildman–Crippen LogP) is 3.35. The molecule has 0 radical (unpaired) electrons. The lowest BCUT2D eigenvalue weighted by atomic mass is 10.1. The molecule has 12 heavy (non-hydrogen) atoms. The van der Waals surface area contributed by atoms with Crippen LogP contribution in [0.2, 0.25) is 0 Å². The largest absolute Gasteiger partial charge is 0.206 e. The van der Waals surface area contributed by atoms with Gasteiger partial charge in [0, 0.05) is 5.33 Å². The van der Waals surface area contributed by atoms with Crippen LogP contribution in [0.5, 0.6) is 0 Å². The maximum atomic E-state index is 12.9. The normalized spacial score (nSPS) is 9.50. The zero-order chi connectivity index (χ0) is 9.14. The Labute approximate surface area is 86.5 Å². The van der Waals surface area contributed by atoms with Gasteiger partial charge in [-0.3, -0.25) is 0 Å². The standard InChI is InChI=1S/C8H4Br2FN/c9-3-6-5(4-12)1-2-7(11)8(6)10/h1-2H,3H2. The Hall–Kier alpha value is -0.400. The van der Waals surface area contributed by atoms with Crippen molar-refractivity contribution in [3.63, 3.8) is 0 Å². The van der Waals surface area contributed by atoms with Crippen LogP contribution in [0.25, 0.3) is 0 Å². The van der Waals surface area contributed by atoms with Crippen LogP contribution in [-0.2, 0) is 5.33 Å². The molecule has 1 aromatic carbocycles. The average molecular weight is 293 g/mol. The van der Waals surface area contributed by atoms with Crippen molar-refractivity contribution < 1.29 is 4.39 Å². The zero-order valence-corrected chi connectivity index (χ0v) is 9.11. The molecule has 0 aliphatic carbocycles. The maximum absolute atomic E-state index is 12.9. The van der Waals surface area contributed by atoms with Gasteiger partial charge in [-0.25, -0.2) is 4.39 Å². The number of nitrogens with zero attached hydrogens (tertiary/aromatic N) is 1. The van der Waals surface area contributed by atoms with Gasteiger partial charge in [-0.05, 0) is 33.6 Å². The molecule has 0 unspecified atom stereocenters. The van der Waals surface area contributed by atoms with Gasteiger partial charge in [0.25, 0.3) is 0 Å². The fourth-order valence-electron chi connectivity index (χ4n) is 0.828. The van der Waals surface area contributed by atoms with Crippen LogP contribution in [0.3, 0.4) is 0 Å². The summed E-state index contributed by atoms with van der Waals surface area (Å²) < 4.78 is 13.3. The first-order valence-corrected chi connectivity index (χ1v) is 5.05. The van der Waals surface area contributed by atoms with Crippen LogP contribution in [0.4, 0.5) is 4.39 Å². The number of hydrogen-bond acceptors (Lipinski definition) is 1. The van der Waals surface area contributed by atoms with Crippen molar-refractivity contribution in [2.75, 3.05) is 0 Å². The molecule has 0 aliphatic heterocycles. The Kier molecular flexibility index (Phi) is 3.24. The van der Waals surface area contributed by atoms with Crippen molar-refractivity contribution >= 4 is 31.9 Å². The van der Waals surface area contributed by atoms with E-state index in [2.05, 4.69) is 31.9 Å². The molecule has 1 aromatic rings. The summed E-state index contributed by atoms with van der Waals surface area (Å²) in [6.45, 7) is 0. The highest BCUT2D eigenvalue weighted by molar-refractivity contribution is 9.10. The molecule has 0 bridgehead atoms. The lowest BCUT2D eigenvalue weighted by molar-refractivity contribution is 0.619. The minimum Gasteiger partial charge on any atom is -0.206 e. The van der Waals surface area contributed by atoms with Crippen LogP contribution in [-0.4, -0.2) is 0 Å². The van der Waals surface area contributed by atoms with Crippen molar-refractivity contribution in [3.05, 3.63) is 33.5 Å². The van der Waals surface area contributed by atoms with Gasteiger partial charge < -0.3 is 0 Å². The van der Waals surface area contributed by atoms with E-state index in [0.717, 1.165) is 0 Å². The molecule has 4 heteroatoms. The third-order valence-corrected chi connectivity index (χ3v) is 2.87. The Bertz CT molecular complexity index is 344. The van der Waals surface area contributed by atoms with Crippen LogP contribution in [0.15, 0.2) is 16.6 Å². The molecule has 0 spiro atoms. The van der Waals surface area contributed by atoms with Crippen molar-refractivity contribution in [2.24, 2.45) is 0 Å². The first kappa shape index (κ1) is 9.69. The van der Waals surface area contributed by atoms with E-state index < -0.39 is 0 Å². The summed E-state index contributed by atoms with van der Waals surface area (Å²) in [7, 11) is 0. The number of rotatable bonds is 1. The van der Waals surface area contributed by atoms with Gasteiger partial charge in [-0.1, -0.05) is 15.9 Å². The average Bonchev–Trinajstić information content (AvgIpc) is 2.09. The highest BCUT2D eigenvalue weighted by Gasteiger charge is 2.09. The minimum absolute atomic E-state index is 0.344. The van der Waals surface area contributed by atoms with Gasteiger partial charge in [0.2, 0.25) is 0 Å². The van der Waals surface area contributed by atoms with Gasteiger partial charge >= 0.3 is 0 Å².